The summed E-state index contributed by atoms with van der Waals surface area (Å²) in [5.41, 5.74) is 4.80. The molecule has 1 heterocycles. The van der Waals surface area contributed by atoms with Crippen molar-refractivity contribution in [2.24, 2.45) is 0 Å². The van der Waals surface area contributed by atoms with Crippen LogP contribution in [0.4, 0.5) is 0 Å². The molecule has 0 aliphatic carbocycles. The Hall–Kier alpha value is -0.503. The molecule has 0 unspecified atom stereocenters. The maximum absolute atomic E-state index is 7.50. The van der Waals surface area contributed by atoms with Gasteiger partial charge in [-0.1, -0.05) is 36.4 Å². The Kier molecular flexibility index (Phi) is 11.8. The molecule has 0 amide bonds. The quantitative estimate of drug-likeness (QED) is 0.233. The zero-order valence-electron chi connectivity index (χ0n) is 15.7. The summed E-state index contributed by atoms with van der Waals surface area (Å²) >= 11 is 0. The van der Waals surface area contributed by atoms with Crippen molar-refractivity contribution in [2.75, 3.05) is 28.2 Å². The van der Waals surface area contributed by atoms with Crippen LogP contribution in [0.5, 0.6) is 0 Å². The van der Waals surface area contributed by atoms with E-state index in [-0.39, 0.29) is 52.2 Å². The molecule has 134 valence electrons. The Balaban J connectivity index is 0.00000151. The van der Waals surface area contributed by atoms with Gasteiger partial charge in [0.2, 0.25) is 0 Å². The fourth-order valence-electron chi connectivity index (χ4n) is 2.94. The predicted octanol–water partition coefficient (Wildman–Crippen LogP) is 3.20. The van der Waals surface area contributed by atoms with Crippen LogP contribution >= 0.6 is 0 Å². The number of benzene rings is 2. The first-order valence-corrected chi connectivity index (χ1v) is 7.85. The van der Waals surface area contributed by atoms with Crippen LogP contribution in [0, 0.1) is 6.65 Å². The summed E-state index contributed by atoms with van der Waals surface area (Å²) in [6.45, 7) is 6.32. The fraction of sp³-hybridized carbons (Fsp3) is 0.300. The number of rotatable bonds is 4. The molecule has 0 spiro atoms. The summed E-state index contributed by atoms with van der Waals surface area (Å²) in [5, 5.41) is 2.43. The fourth-order valence-corrected chi connectivity index (χ4v) is 2.94. The van der Waals surface area contributed by atoms with Crippen molar-refractivity contribution in [1.82, 2.24) is 14.8 Å². The van der Waals surface area contributed by atoms with Gasteiger partial charge >= 0.3 is 30.8 Å². The third-order valence-corrected chi connectivity index (χ3v) is 3.81. The molecule has 6 heteroatoms. The average Bonchev–Trinajstić information content (AvgIpc) is 2.55. The van der Waals surface area contributed by atoms with Gasteiger partial charge in [-0.15, -0.1) is 0 Å². The van der Waals surface area contributed by atoms with E-state index in [1.165, 1.54) is 21.9 Å². The number of aromatic nitrogens is 1. The van der Waals surface area contributed by atoms with Gasteiger partial charge in [-0.25, -0.2) is 4.98 Å². The Labute approximate surface area is 193 Å². The van der Waals surface area contributed by atoms with Gasteiger partial charge in [0.25, 0.3) is 0 Å². The molecule has 3 rings (SSSR count). The van der Waals surface area contributed by atoms with E-state index in [0.29, 0.717) is 0 Å². The van der Waals surface area contributed by atoms with Crippen LogP contribution in [-0.2, 0) is 69.9 Å². The second-order valence-electron chi connectivity index (χ2n) is 6.44. The monoisotopic (exact) mass is 513 g/mol. The molecular weight excluding hydrogens is 488 g/mol. The van der Waals surface area contributed by atoms with Crippen LogP contribution < -0.4 is 0 Å². The summed E-state index contributed by atoms with van der Waals surface area (Å²) < 4.78 is 7.50. The minimum Gasteiger partial charge on any atom is 0 e. The van der Waals surface area contributed by atoms with E-state index in [4.69, 9.17) is 9.64 Å². The number of pyridine rings is 1. The average molecular weight is 512 g/mol. The van der Waals surface area contributed by atoms with Crippen LogP contribution in [0.2, 0.25) is 0 Å². The molecule has 0 aliphatic rings. The molecule has 0 atom stereocenters. The van der Waals surface area contributed by atoms with Gasteiger partial charge in [0, 0.05) is 56.6 Å². The van der Waals surface area contributed by atoms with E-state index in [2.05, 4.69) is 87.1 Å². The molecule has 0 saturated carbocycles. The summed E-state index contributed by atoms with van der Waals surface area (Å²) in [6.07, 6.45) is 0. The predicted molar refractivity (Wildman–Crippen MR) is 99.4 cm³/mol. The van der Waals surface area contributed by atoms with Gasteiger partial charge in [-0.2, -0.15) is 0 Å². The van der Waals surface area contributed by atoms with E-state index in [1.54, 1.807) is 0 Å². The van der Waals surface area contributed by atoms with Gasteiger partial charge in [0.15, 0.2) is 0 Å². The maximum Gasteiger partial charge on any atom is 0 e. The third kappa shape index (κ3) is 6.29. The molecule has 1 radical (unpaired) electrons. The molecular formula is C20H24N3ORuY+2. The summed E-state index contributed by atoms with van der Waals surface area (Å²) in [4.78, 5) is 9.40. The largest absolute Gasteiger partial charge is 0 e. The van der Waals surface area contributed by atoms with Crippen molar-refractivity contribution < 1.29 is 56.8 Å². The van der Waals surface area contributed by atoms with Crippen molar-refractivity contribution >= 4 is 21.8 Å². The molecule has 1 aromatic heterocycles. The van der Waals surface area contributed by atoms with Gasteiger partial charge < -0.3 is 9.80 Å². The van der Waals surface area contributed by atoms with Crippen LogP contribution in [0.15, 0.2) is 42.5 Å². The summed E-state index contributed by atoms with van der Waals surface area (Å²) in [5.74, 6) is 0. The van der Waals surface area contributed by atoms with E-state index in [9.17, 15) is 0 Å². The molecule has 0 bridgehead atoms. The van der Waals surface area contributed by atoms with Crippen molar-refractivity contribution in [3.05, 3.63) is 60.2 Å². The van der Waals surface area contributed by atoms with Crippen LogP contribution in [0.1, 0.15) is 11.1 Å². The van der Waals surface area contributed by atoms with Gasteiger partial charge in [-0.05, 0) is 45.4 Å². The maximum atomic E-state index is 7.50. The first-order chi connectivity index (χ1) is 11.5. The second kappa shape index (κ2) is 12.1. The normalized spacial score (nSPS) is 10.2. The zero-order valence-corrected chi connectivity index (χ0v) is 20.4. The summed E-state index contributed by atoms with van der Waals surface area (Å²) in [7, 11) is 8.38. The second-order valence-corrected chi connectivity index (χ2v) is 6.44. The van der Waals surface area contributed by atoms with E-state index in [1.807, 2.05) is 0 Å². The number of hydrogen-bond acceptors (Lipinski definition) is 3. The van der Waals surface area contributed by atoms with Crippen molar-refractivity contribution in [2.45, 2.75) is 13.1 Å². The number of para-hydroxylation sites is 2. The van der Waals surface area contributed by atoms with Gasteiger partial charge in [-0.3, -0.25) is 0 Å². The molecule has 0 N–H and O–H groups in total. The van der Waals surface area contributed by atoms with E-state index < -0.39 is 0 Å². The number of nitrogens with zero attached hydrogens (tertiary/aromatic N) is 3. The first-order valence-electron chi connectivity index (χ1n) is 7.85. The minimum atomic E-state index is 0. The Morgan fingerprint density at radius 3 is 1.54 bits per heavy atom. The van der Waals surface area contributed by atoms with E-state index in [0.717, 1.165) is 24.1 Å². The molecule has 26 heavy (non-hydrogen) atoms. The first kappa shape index (κ1) is 25.5. The third-order valence-electron chi connectivity index (χ3n) is 3.81. The van der Waals surface area contributed by atoms with Gasteiger partial charge in [0.05, 0.1) is 11.0 Å². The van der Waals surface area contributed by atoms with Gasteiger partial charge in [0.1, 0.15) is 0 Å². The van der Waals surface area contributed by atoms with Crippen LogP contribution in [0.25, 0.3) is 21.8 Å². The zero-order chi connectivity index (χ0) is 17.7. The molecule has 4 nitrogen and oxygen atoms in total. The van der Waals surface area contributed by atoms with Crippen molar-refractivity contribution in [3.63, 3.8) is 0 Å². The molecule has 0 aliphatic heterocycles. The molecule has 3 aromatic rings. The Morgan fingerprint density at radius 2 is 1.19 bits per heavy atom. The van der Waals surface area contributed by atoms with Crippen LogP contribution in [0.3, 0.4) is 0 Å². The van der Waals surface area contributed by atoms with Crippen molar-refractivity contribution in [1.29, 1.82) is 0 Å². The van der Waals surface area contributed by atoms with E-state index >= 15 is 0 Å². The molecule has 2 aromatic carbocycles. The number of fused-ring (bicyclic) bond motifs is 2. The smallest absolute Gasteiger partial charge is 0 e. The Morgan fingerprint density at radius 1 is 0.808 bits per heavy atom. The molecule has 0 fully saturated rings. The van der Waals surface area contributed by atoms with Crippen LogP contribution in [-0.4, -0.2) is 43.0 Å². The molecule has 0 saturated heterocycles. The SMILES string of the molecule is CN(C)Cc1cccc2cc3cccc(CN(C)C)c3nc12.[C-]#[O+].[RuH+2].[Y]. The minimum absolute atomic E-state index is 0. The topological polar surface area (TPSA) is 39.3 Å². The summed E-state index contributed by atoms with van der Waals surface area (Å²) in [6, 6.07) is 15.2. The van der Waals surface area contributed by atoms with Crippen molar-refractivity contribution in [3.8, 4) is 0 Å². The Bertz CT molecular complexity index is 800. The standard InChI is InChI=1S/C19H23N3.CO.Ru.Y.H/c1-21(2)12-16-9-5-7-14-11-15-8-6-10-17(13-22(3)4)19(15)20-18(14)16;1-2;;;/h5-11H,12-13H2,1-4H3;;;;/q;;+2;;. The number of hydrogen-bond donors (Lipinski definition) is 0.